The van der Waals surface area contributed by atoms with Crippen molar-refractivity contribution < 1.29 is 28.7 Å². The number of nitrogens with one attached hydrogen (secondary N) is 2. The molecule has 2 N–H and O–H groups in total. The Bertz CT molecular complexity index is 814. The van der Waals surface area contributed by atoms with E-state index >= 15 is 0 Å². The summed E-state index contributed by atoms with van der Waals surface area (Å²) in [5.74, 6) is -1.43. The van der Waals surface area contributed by atoms with Gasteiger partial charge in [0.05, 0.1) is 12.8 Å². The zero-order chi connectivity index (χ0) is 18.8. The molecule has 2 heterocycles. The lowest BCUT2D eigenvalue weighted by molar-refractivity contribution is -0.131. The maximum absolute atomic E-state index is 12.4. The summed E-state index contributed by atoms with van der Waals surface area (Å²) in [6.45, 7) is -0.494. The van der Waals surface area contributed by atoms with Gasteiger partial charge in [-0.25, -0.2) is 0 Å². The maximum atomic E-state index is 12.4. The van der Waals surface area contributed by atoms with Crippen molar-refractivity contribution in [3.8, 4) is 5.75 Å². The summed E-state index contributed by atoms with van der Waals surface area (Å²) in [5.41, 5.74) is 0.402. The van der Waals surface area contributed by atoms with Crippen molar-refractivity contribution in [2.24, 2.45) is 0 Å². The number of benzene rings is 1. The number of nitrogens with zero attached hydrogens (tertiary/aromatic N) is 1. The van der Waals surface area contributed by atoms with E-state index in [0.717, 1.165) is 4.90 Å². The Hall–Kier alpha value is -2.53. The van der Waals surface area contributed by atoms with Gasteiger partial charge < -0.3 is 10.1 Å². The Labute approximate surface area is 156 Å². The van der Waals surface area contributed by atoms with Crippen molar-refractivity contribution in [1.29, 1.82) is 0 Å². The van der Waals surface area contributed by atoms with E-state index in [1.165, 1.54) is 7.11 Å². The van der Waals surface area contributed by atoms with Gasteiger partial charge in [0.1, 0.15) is 22.8 Å². The Balaban J connectivity index is 1.67. The number of rotatable bonds is 5. The fourth-order valence-electron chi connectivity index (χ4n) is 2.45. The van der Waals surface area contributed by atoms with Crippen molar-refractivity contribution in [3.05, 3.63) is 24.3 Å². The van der Waals surface area contributed by atoms with Crippen LogP contribution < -0.4 is 15.4 Å². The highest BCUT2D eigenvalue weighted by Gasteiger charge is 2.50. The van der Waals surface area contributed by atoms with Gasteiger partial charge in [0.15, 0.2) is 0 Å². The molecule has 0 aliphatic carbocycles. The number of amides is 5. The number of hydrogen-bond acceptors (Lipinski definition) is 8. The van der Waals surface area contributed by atoms with Crippen LogP contribution in [0.1, 0.15) is 0 Å². The van der Waals surface area contributed by atoms with E-state index in [1.807, 2.05) is 0 Å². The van der Waals surface area contributed by atoms with E-state index in [1.54, 1.807) is 24.3 Å². The van der Waals surface area contributed by atoms with Gasteiger partial charge in [-0.15, -0.1) is 0 Å². The van der Waals surface area contributed by atoms with Gasteiger partial charge in [-0.1, -0.05) is 12.1 Å². The average molecular weight is 395 g/mol. The van der Waals surface area contributed by atoms with Crippen LogP contribution in [0.25, 0.3) is 0 Å². The minimum atomic E-state index is -1.03. The van der Waals surface area contributed by atoms with Crippen LogP contribution in [0.2, 0.25) is 0 Å². The normalized spacial score (nSPS) is 22.6. The van der Waals surface area contributed by atoms with Crippen LogP contribution in [0.4, 0.5) is 15.3 Å². The molecule has 2 aliphatic heterocycles. The topological polar surface area (TPSA) is 122 Å². The number of hydrogen-bond donors (Lipinski definition) is 2. The van der Waals surface area contributed by atoms with E-state index in [9.17, 15) is 24.0 Å². The lowest BCUT2D eigenvalue weighted by atomic mass is 10.2. The summed E-state index contributed by atoms with van der Waals surface area (Å²) in [5, 5.41) is 1.44. The van der Waals surface area contributed by atoms with Crippen LogP contribution in [-0.2, 0) is 14.4 Å². The largest absolute Gasteiger partial charge is 0.495 e. The Morgan fingerprint density at radius 3 is 2.58 bits per heavy atom. The van der Waals surface area contributed by atoms with Crippen LogP contribution in [0.15, 0.2) is 24.3 Å². The summed E-state index contributed by atoms with van der Waals surface area (Å²) < 4.78 is 5.12. The predicted octanol–water partition coefficient (Wildman–Crippen LogP) is 1.05. The summed E-state index contributed by atoms with van der Waals surface area (Å²) in [6.07, 6.45) is 0. The average Bonchev–Trinajstić information content (AvgIpc) is 3.08. The highest BCUT2D eigenvalue weighted by Crippen LogP contribution is 2.36. The van der Waals surface area contributed by atoms with Gasteiger partial charge in [-0.05, 0) is 35.7 Å². The molecule has 136 valence electrons. The minimum Gasteiger partial charge on any atom is -0.495 e. The van der Waals surface area contributed by atoms with Crippen molar-refractivity contribution >= 4 is 57.4 Å². The summed E-state index contributed by atoms with van der Waals surface area (Å²) in [4.78, 5) is 60.5. The van der Waals surface area contributed by atoms with Gasteiger partial charge in [0, 0.05) is 0 Å². The summed E-state index contributed by atoms with van der Waals surface area (Å²) >= 11 is 1.31. The number of anilines is 1. The molecule has 0 bridgehead atoms. The SMILES string of the molecule is COc1ccccc1NC(=O)CN1C(=O)S[C@@H]([C@@H]2SC(=O)NC2=O)C1=O. The molecule has 0 radical (unpaired) electrons. The van der Waals surface area contributed by atoms with Crippen molar-refractivity contribution in [2.75, 3.05) is 19.0 Å². The van der Waals surface area contributed by atoms with Gasteiger partial charge in [-0.3, -0.25) is 34.2 Å². The standard InChI is InChI=1S/C15H13N3O6S2/c1-24-8-5-3-2-4-7(8)16-9(19)6-18-13(21)11(26-15(18)23)10-12(20)17-14(22)25-10/h2-5,10-11H,6H2,1H3,(H,16,19)(H,17,20,22)/t10-,11-/m0/s1. The Morgan fingerprint density at radius 2 is 1.92 bits per heavy atom. The van der Waals surface area contributed by atoms with Crippen LogP contribution in [0.5, 0.6) is 5.75 Å². The highest BCUT2D eigenvalue weighted by molar-refractivity contribution is 8.19. The molecule has 0 unspecified atom stereocenters. The zero-order valence-corrected chi connectivity index (χ0v) is 15.0. The lowest BCUT2D eigenvalue weighted by Gasteiger charge is -2.15. The molecule has 1 aromatic rings. The van der Waals surface area contributed by atoms with E-state index in [2.05, 4.69) is 10.6 Å². The number of imide groups is 2. The van der Waals surface area contributed by atoms with Gasteiger partial charge in [-0.2, -0.15) is 0 Å². The summed E-state index contributed by atoms with van der Waals surface area (Å²) in [6, 6.07) is 6.70. The maximum Gasteiger partial charge on any atom is 0.289 e. The second-order valence-electron chi connectivity index (χ2n) is 5.29. The van der Waals surface area contributed by atoms with Crippen LogP contribution in [-0.4, -0.2) is 57.3 Å². The highest BCUT2D eigenvalue weighted by atomic mass is 32.2. The molecule has 3 rings (SSSR count). The second kappa shape index (κ2) is 7.38. The molecule has 2 saturated heterocycles. The van der Waals surface area contributed by atoms with E-state index in [0.29, 0.717) is 35.0 Å². The van der Waals surface area contributed by atoms with E-state index < -0.39 is 45.2 Å². The molecule has 11 heteroatoms. The first kappa shape index (κ1) is 18.3. The third-order valence-electron chi connectivity index (χ3n) is 3.63. The van der Waals surface area contributed by atoms with Crippen LogP contribution in [0, 0.1) is 0 Å². The number of thioether (sulfide) groups is 2. The minimum absolute atomic E-state index is 0.402. The van der Waals surface area contributed by atoms with Gasteiger partial charge in [0.25, 0.3) is 10.5 Å². The number of methoxy groups -OCH3 is 1. The third kappa shape index (κ3) is 3.53. The van der Waals surface area contributed by atoms with Crippen molar-refractivity contribution in [1.82, 2.24) is 10.2 Å². The van der Waals surface area contributed by atoms with Gasteiger partial charge >= 0.3 is 0 Å². The number of ether oxygens (including phenoxy) is 1. The molecular weight excluding hydrogens is 382 g/mol. The molecule has 1 aromatic carbocycles. The first-order valence-corrected chi connectivity index (χ1v) is 9.13. The molecule has 2 aliphatic rings. The van der Waals surface area contributed by atoms with E-state index in [4.69, 9.17) is 4.74 Å². The molecule has 2 fully saturated rings. The fraction of sp³-hybridized carbons (Fsp3) is 0.267. The lowest BCUT2D eigenvalue weighted by Crippen LogP contribution is -2.42. The molecular formula is C15H13N3O6S2. The first-order valence-electron chi connectivity index (χ1n) is 7.37. The van der Waals surface area contributed by atoms with Gasteiger partial charge in [0.2, 0.25) is 17.7 Å². The van der Waals surface area contributed by atoms with Crippen molar-refractivity contribution in [3.63, 3.8) is 0 Å². The molecule has 26 heavy (non-hydrogen) atoms. The first-order chi connectivity index (χ1) is 12.4. The quantitative estimate of drug-likeness (QED) is 0.759. The summed E-state index contributed by atoms with van der Waals surface area (Å²) in [7, 11) is 1.45. The molecule has 0 aromatic heterocycles. The van der Waals surface area contributed by atoms with Crippen LogP contribution in [0.3, 0.4) is 0 Å². The Morgan fingerprint density at radius 1 is 1.19 bits per heavy atom. The molecule has 5 amide bonds. The second-order valence-corrected chi connectivity index (χ2v) is 7.50. The zero-order valence-electron chi connectivity index (χ0n) is 13.4. The number of carbonyl (C=O) groups is 5. The number of carbonyl (C=O) groups excluding carboxylic acids is 5. The van der Waals surface area contributed by atoms with Crippen LogP contribution >= 0.6 is 23.5 Å². The fourth-order valence-corrected chi connectivity index (χ4v) is 4.55. The molecule has 2 atom stereocenters. The molecule has 0 saturated carbocycles. The molecule has 9 nitrogen and oxygen atoms in total. The Kier molecular flexibility index (Phi) is 5.18. The predicted molar refractivity (Wildman–Crippen MR) is 95.0 cm³/mol. The smallest absolute Gasteiger partial charge is 0.289 e. The molecule has 0 spiro atoms. The number of para-hydroxylation sites is 2. The van der Waals surface area contributed by atoms with Crippen molar-refractivity contribution in [2.45, 2.75) is 10.5 Å². The van der Waals surface area contributed by atoms with E-state index in [-0.39, 0.29) is 0 Å². The third-order valence-corrected chi connectivity index (χ3v) is 6.01. The monoisotopic (exact) mass is 395 g/mol.